The Balaban J connectivity index is 2.52. The van der Waals surface area contributed by atoms with E-state index in [0.29, 0.717) is 10.8 Å². The maximum atomic E-state index is 12.5. The van der Waals surface area contributed by atoms with Crippen molar-refractivity contribution in [3.8, 4) is 5.82 Å². The molecule has 0 aliphatic rings. The third-order valence-electron chi connectivity index (χ3n) is 1.44. The molecule has 3 nitrogen and oxygen atoms in total. The largest absolute Gasteiger partial charge is 0.236 e. The van der Waals surface area contributed by atoms with E-state index in [2.05, 4.69) is 16.3 Å². The van der Waals surface area contributed by atoms with Crippen LogP contribution in [-0.4, -0.2) is 14.8 Å². The lowest BCUT2D eigenvalue weighted by Gasteiger charge is -1.99. The predicted octanol–water partition coefficient (Wildman–Crippen LogP) is 1.86. The zero-order valence-corrected chi connectivity index (χ0v) is 7.16. The highest BCUT2D eigenvalue weighted by Crippen LogP contribution is 2.15. The molecule has 2 heterocycles. The minimum absolute atomic E-state index is 0.369. The molecule has 2 rings (SSSR count). The summed E-state index contributed by atoms with van der Waals surface area (Å²) < 4.78 is 13.7. The van der Waals surface area contributed by atoms with Gasteiger partial charge in [-0.1, -0.05) is 11.6 Å². The molecule has 0 bridgehead atoms. The van der Waals surface area contributed by atoms with Gasteiger partial charge in [0.2, 0.25) is 5.95 Å². The molecular weight excluding hydrogens is 193 g/mol. The Morgan fingerprint density at radius 2 is 2.38 bits per heavy atom. The lowest BCUT2D eigenvalue weighted by atomic mass is 10.4. The lowest BCUT2D eigenvalue weighted by molar-refractivity contribution is 0.564. The van der Waals surface area contributed by atoms with Crippen LogP contribution in [0.15, 0.2) is 24.4 Å². The summed E-state index contributed by atoms with van der Waals surface area (Å²) in [6.45, 7) is 0. The monoisotopic (exact) mass is 196 g/mol. The zero-order chi connectivity index (χ0) is 9.26. The molecule has 0 aliphatic carbocycles. The zero-order valence-electron chi connectivity index (χ0n) is 6.41. The molecular formula is C8H4ClFN3. The highest BCUT2D eigenvalue weighted by Gasteiger charge is 2.05. The molecule has 0 saturated carbocycles. The van der Waals surface area contributed by atoms with Gasteiger partial charge in [-0.15, -0.1) is 5.10 Å². The standard InChI is InChI=1S/C8H4ClFN3/c9-6-2-1-4-11-8(6)13-5-3-7(10)12-13/h1-4H. The van der Waals surface area contributed by atoms with E-state index in [-0.39, 0.29) is 0 Å². The summed E-state index contributed by atoms with van der Waals surface area (Å²) in [7, 11) is 0. The molecule has 2 aromatic rings. The number of rotatable bonds is 1. The van der Waals surface area contributed by atoms with Crippen LogP contribution in [0.5, 0.6) is 0 Å². The van der Waals surface area contributed by atoms with Gasteiger partial charge in [0.1, 0.15) is 0 Å². The van der Waals surface area contributed by atoms with Crippen molar-refractivity contribution in [2.75, 3.05) is 0 Å². The second-order valence-electron chi connectivity index (χ2n) is 2.32. The Labute approximate surface area is 78.8 Å². The van der Waals surface area contributed by atoms with Gasteiger partial charge < -0.3 is 0 Å². The number of aromatic nitrogens is 3. The number of halogens is 2. The molecule has 0 atom stereocenters. The summed E-state index contributed by atoms with van der Waals surface area (Å²) in [6.07, 6.45) is 4.10. The number of nitrogens with zero attached hydrogens (tertiary/aromatic N) is 3. The van der Waals surface area contributed by atoms with E-state index in [9.17, 15) is 4.39 Å². The van der Waals surface area contributed by atoms with Crippen molar-refractivity contribution in [1.29, 1.82) is 0 Å². The third-order valence-corrected chi connectivity index (χ3v) is 1.74. The van der Waals surface area contributed by atoms with Crippen molar-refractivity contribution in [3.63, 3.8) is 0 Å². The van der Waals surface area contributed by atoms with Crippen LogP contribution in [0, 0.1) is 12.1 Å². The molecule has 13 heavy (non-hydrogen) atoms. The van der Waals surface area contributed by atoms with Crippen molar-refractivity contribution in [2.24, 2.45) is 0 Å². The highest BCUT2D eigenvalue weighted by atomic mass is 35.5. The van der Waals surface area contributed by atoms with Gasteiger partial charge in [-0.25, -0.2) is 9.67 Å². The summed E-state index contributed by atoms with van der Waals surface area (Å²) in [5.74, 6) is -0.241. The first-order valence-electron chi connectivity index (χ1n) is 3.51. The molecule has 65 valence electrons. The second-order valence-corrected chi connectivity index (χ2v) is 2.72. The van der Waals surface area contributed by atoms with Crippen LogP contribution in [0.1, 0.15) is 0 Å². The smallest absolute Gasteiger partial charge is 0.233 e. The number of hydrogen-bond acceptors (Lipinski definition) is 2. The van der Waals surface area contributed by atoms with Gasteiger partial charge in [0.05, 0.1) is 11.2 Å². The van der Waals surface area contributed by atoms with Crippen LogP contribution < -0.4 is 0 Å². The van der Waals surface area contributed by atoms with E-state index >= 15 is 0 Å². The van der Waals surface area contributed by atoms with E-state index in [0.717, 1.165) is 10.7 Å². The van der Waals surface area contributed by atoms with Gasteiger partial charge in [-0.05, 0) is 12.1 Å². The molecule has 2 aromatic heterocycles. The predicted molar refractivity (Wildman–Crippen MR) is 45.2 cm³/mol. The average Bonchev–Trinajstić information content (AvgIpc) is 2.53. The maximum absolute atomic E-state index is 12.5. The van der Waals surface area contributed by atoms with Crippen molar-refractivity contribution in [2.45, 2.75) is 0 Å². The van der Waals surface area contributed by atoms with E-state index in [4.69, 9.17) is 11.6 Å². The fourth-order valence-corrected chi connectivity index (χ4v) is 1.11. The molecule has 1 radical (unpaired) electrons. The Kier molecular flexibility index (Phi) is 1.98. The van der Waals surface area contributed by atoms with Crippen molar-refractivity contribution < 1.29 is 4.39 Å². The van der Waals surface area contributed by atoms with Gasteiger partial charge >= 0.3 is 0 Å². The molecule has 5 heteroatoms. The van der Waals surface area contributed by atoms with Crippen molar-refractivity contribution in [3.05, 3.63) is 41.6 Å². The van der Waals surface area contributed by atoms with E-state index in [1.165, 1.54) is 0 Å². The molecule has 0 amide bonds. The summed E-state index contributed by atoms with van der Waals surface area (Å²) in [6, 6.07) is 4.45. The normalized spacial score (nSPS) is 10.3. The number of pyridine rings is 1. The Morgan fingerprint density at radius 1 is 1.54 bits per heavy atom. The lowest BCUT2D eigenvalue weighted by Crippen LogP contribution is -1.99. The van der Waals surface area contributed by atoms with E-state index in [1.807, 2.05) is 0 Å². The summed E-state index contributed by atoms with van der Waals surface area (Å²) in [5.41, 5.74) is 0. The molecule has 0 aromatic carbocycles. The summed E-state index contributed by atoms with van der Waals surface area (Å²) >= 11 is 5.80. The molecule has 0 saturated heterocycles. The minimum atomic E-state index is -0.610. The number of hydrogen-bond donors (Lipinski definition) is 0. The van der Waals surface area contributed by atoms with Gasteiger partial charge in [0.25, 0.3) is 0 Å². The van der Waals surface area contributed by atoms with Gasteiger partial charge in [0, 0.05) is 12.3 Å². The Morgan fingerprint density at radius 3 is 3.00 bits per heavy atom. The highest BCUT2D eigenvalue weighted by molar-refractivity contribution is 6.32. The van der Waals surface area contributed by atoms with Crippen LogP contribution in [0.25, 0.3) is 5.82 Å². The molecule has 0 spiro atoms. The third kappa shape index (κ3) is 1.53. The average molecular weight is 197 g/mol. The molecule has 0 fully saturated rings. The SMILES string of the molecule is Fc1c[c]n(-c2ncccc2Cl)n1. The van der Waals surface area contributed by atoms with Gasteiger partial charge in [-0.2, -0.15) is 4.39 Å². The Hall–Kier alpha value is -1.42. The minimum Gasteiger partial charge on any atom is -0.236 e. The summed E-state index contributed by atoms with van der Waals surface area (Å²) in [4.78, 5) is 3.93. The first-order valence-corrected chi connectivity index (χ1v) is 3.89. The fourth-order valence-electron chi connectivity index (χ4n) is 0.909. The van der Waals surface area contributed by atoms with Gasteiger partial charge in [-0.3, -0.25) is 0 Å². The van der Waals surface area contributed by atoms with Crippen molar-refractivity contribution >= 4 is 11.6 Å². The van der Waals surface area contributed by atoms with Crippen LogP contribution in [0.4, 0.5) is 4.39 Å². The molecule has 0 aliphatic heterocycles. The van der Waals surface area contributed by atoms with Crippen molar-refractivity contribution in [1.82, 2.24) is 14.8 Å². The quantitative estimate of drug-likeness (QED) is 0.697. The van der Waals surface area contributed by atoms with Crippen LogP contribution in [-0.2, 0) is 0 Å². The molecule has 0 unspecified atom stereocenters. The van der Waals surface area contributed by atoms with Crippen LogP contribution in [0.3, 0.4) is 0 Å². The first kappa shape index (κ1) is 8.19. The van der Waals surface area contributed by atoms with E-state index < -0.39 is 5.95 Å². The van der Waals surface area contributed by atoms with Gasteiger partial charge in [0.15, 0.2) is 5.82 Å². The fraction of sp³-hybridized carbons (Fsp3) is 0. The van der Waals surface area contributed by atoms with Crippen LogP contribution >= 0.6 is 11.6 Å². The van der Waals surface area contributed by atoms with Crippen LogP contribution in [0.2, 0.25) is 5.02 Å². The Bertz CT molecular complexity index is 427. The maximum Gasteiger partial charge on any atom is 0.233 e. The second kappa shape index (κ2) is 3.14. The molecule has 0 N–H and O–H groups in total. The first-order chi connectivity index (χ1) is 6.27. The van der Waals surface area contributed by atoms with E-state index in [1.54, 1.807) is 18.3 Å². The topological polar surface area (TPSA) is 30.7 Å². The summed E-state index contributed by atoms with van der Waals surface area (Å²) in [5, 5.41) is 3.89.